The summed E-state index contributed by atoms with van der Waals surface area (Å²) in [6.45, 7) is 3.78. The van der Waals surface area contributed by atoms with E-state index >= 15 is 0 Å². The first-order valence-electron chi connectivity index (χ1n) is 4.60. The lowest BCUT2D eigenvalue weighted by Crippen LogP contribution is -1.75. The fourth-order valence-corrected chi connectivity index (χ4v) is 1.43. The van der Waals surface area contributed by atoms with Gasteiger partial charge < -0.3 is 0 Å². The summed E-state index contributed by atoms with van der Waals surface area (Å²) in [5.41, 5.74) is 1.20. The SMILES string of the molecule is C=Cc1cccc2ccccc12.O=[P+](O)O. The lowest BCUT2D eigenvalue weighted by molar-refractivity contribution is 0.405. The molecular weight excluding hydrogens is 223 g/mol. The molecule has 0 saturated carbocycles. The van der Waals surface area contributed by atoms with Crippen molar-refractivity contribution in [1.82, 2.24) is 0 Å². The summed E-state index contributed by atoms with van der Waals surface area (Å²) in [4.78, 5) is 14.2. The second kappa shape index (κ2) is 6.13. The number of hydrogen-bond donors (Lipinski definition) is 2. The summed E-state index contributed by atoms with van der Waals surface area (Å²) in [5.74, 6) is 0. The Kier molecular flexibility index (Phi) is 4.80. The van der Waals surface area contributed by atoms with Crippen LogP contribution in [-0.2, 0) is 4.57 Å². The molecule has 0 unspecified atom stereocenters. The number of hydrogen-bond acceptors (Lipinski definition) is 1. The Morgan fingerprint density at radius 1 is 1.06 bits per heavy atom. The zero-order chi connectivity index (χ0) is 12.0. The Morgan fingerprint density at radius 2 is 1.62 bits per heavy atom. The average Bonchev–Trinajstić information content (AvgIpc) is 2.27. The molecule has 0 amide bonds. The summed E-state index contributed by atoms with van der Waals surface area (Å²) in [5, 5.41) is 2.55. The first-order valence-corrected chi connectivity index (χ1v) is 5.77. The maximum absolute atomic E-state index is 8.70. The predicted octanol–water partition coefficient (Wildman–Crippen LogP) is 3.11. The van der Waals surface area contributed by atoms with E-state index in [1.54, 1.807) is 0 Å². The van der Waals surface area contributed by atoms with Crippen LogP contribution in [0.3, 0.4) is 0 Å². The minimum Gasteiger partial charge on any atom is -0.134 e. The highest BCUT2D eigenvalue weighted by molar-refractivity contribution is 7.30. The summed E-state index contributed by atoms with van der Waals surface area (Å²) in [7, 11) is -2.87. The molecule has 0 saturated heterocycles. The van der Waals surface area contributed by atoms with Gasteiger partial charge in [-0.15, -0.1) is 9.79 Å². The highest BCUT2D eigenvalue weighted by atomic mass is 31.1. The highest BCUT2D eigenvalue weighted by Crippen LogP contribution is 2.18. The zero-order valence-corrected chi connectivity index (χ0v) is 9.47. The van der Waals surface area contributed by atoms with Crippen LogP contribution in [-0.4, -0.2) is 9.79 Å². The third-order valence-electron chi connectivity index (χ3n) is 2.04. The smallest absolute Gasteiger partial charge is 0.134 e. The summed E-state index contributed by atoms with van der Waals surface area (Å²) in [6, 6.07) is 14.6. The van der Waals surface area contributed by atoms with E-state index in [0.717, 1.165) is 0 Å². The normalized spacial score (nSPS) is 9.12. The Morgan fingerprint density at radius 3 is 2.25 bits per heavy atom. The van der Waals surface area contributed by atoms with Crippen LogP contribution in [0.25, 0.3) is 16.8 Å². The highest BCUT2D eigenvalue weighted by Gasteiger charge is 1.94. The predicted molar refractivity (Wildman–Crippen MR) is 66.1 cm³/mol. The molecular formula is C12H12O3P+. The van der Waals surface area contributed by atoms with Gasteiger partial charge in [-0.05, 0) is 16.3 Å². The van der Waals surface area contributed by atoms with Gasteiger partial charge >= 0.3 is 8.25 Å². The van der Waals surface area contributed by atoms with Gasteiger partial charge in [0.1, 0.15) is 0 Å². The van der Waals surface area contributed by atoms with Crippen molar-refractivity contribution in [3.63, 3.8) is 0 Å². The van der Waals surface area contributed by atoms with Gasteiger partial charge in [0.15, 0.2) is 0 Å². The van der Waals surface area contributed by atoms with Crippen LogP contribution in [0.1, 0.15) is 5.56 Å². The Bertz CT molecular complexity index is 499. The second-order valence-corrected chi connectivity index (χ2v) is 3.53. The van der Waals surface area contributed by atoms with Crippen molar-refractivity contribution >= 4 is 25.1 Å². The largest absolute Gasteiger partial charge is 0.692 e. The Balaban J connectivity index is 0.000000280. The molecule has 0 aromatic heterocycles. The van der Waals surface area contributed by atoms with Gasteiger partial charge in [-0.2, -0.15) is 0 Å². The first kappa shape index (κ1) is 12.5. The van der Waals surface area contributed by atoms with E-state index in [2.05, 4.69) is 49.0 Å². The van der Waals surface area contributed by atoms with Crippen LogP contribution >= 0.6 is 8.25 Å². The molecule has 0 radical (unpaired) electrons. The quantitative estimate of drug-likeness (QED) is 0.746. The van der Waals surface area contributed by atoms with Crippen molar-refractivity contribution in [3.05, 3.63) is 54.6 Å². The molecule has 3 nitrogen and oxygen atoms in total. The molecule has 0 aliphatic carbocycles. The standard InChI is InChI=1S/C12H10.HO3P/c1-2-10-7-5-8-11-6-3-4-9-12(10)11;1-4(2)3/h2-9H,1H2;(H-,1,2,3)/p+1. The molecule has 0 spiro atoms. The number of fused-ring (bicyclic) bond motifs is 1. The van der Waals surface area contributed by atoms with Gasteiger partial charge in [0.05, 0.1) is 0 Å². The summed E-state index contributed by atoms with van der Waals surface area (Å²) in [6.07, 6.45) is 1.89. The van der Waals surface area contributed by atoms with Crippen LogP contribution in [0, 0.1) is 0 Å². The Labute approximate surface area is 94.6 Å². The van der Waals surface area contributed by atoms with Crippen molar-refractivity contribution in [1.29, 1.82) is 0 Å². The fourth-order valence-electron chi connectivity index (χ4n) is 1.43. The Hall–Kier alpha value is -1.54. The molecule has 0 bridgehead atoms. The molecule has 16 heavy (non-hydrogen) atoms. The van der Waals surface area contributed by atoms with E-state index in [-0.39, 0.29) is 0 Å². The molecule has 0 heterocycles. The van der Waals surface area contributed by atoms with Gasteiger partial charge in [-0.25, -0.2) is 0 Å². The lowest BCUT2D eigenvalue weighted by atomic mass is 10.1. The molecule has 0 atom stereocenters. The molecule has 0 aliphatic heterocycles. The average molecular weight is 235 g/mol. The van der Waals surface area contributed by atoms with Gasteiger partial charge in [0, 0.05) is 4.57 Å². The molecule has 2 aromatic rings. The van der Waals surface area contributed by atoms with Gasteiger partial charge in [0.2, 0.25) is 0 Å². The zero-order valence-electron chi connectivity index (χ0n) is 8.58. The van der Waals surface area contributed by atoms with Crippen LogP contribution in [0.2, 0.25) is 0 Å². The van der Waals surface area contributed by atoms with Crippen LogP contribution in [0.5, 0.6) is 0 Å². The third kappa shape index (κ3) is 3.55. The monoisotopic (exact) mass is 235 g/mol. The van der Waals surface area contributed by atoms with E-state index in [1.807, 2.05) is 6.08 Å². The fraction of sp³-hybridized carbons (Fsp3) is 0. The summed E-state index contributed by atoms with van der Waals surface area (Å²) >= 11 is 0. The van der Waals surface area contributed by atoms with Crippen LogP contribution in [0.4, 0.5) is 0 Å². The second-order valence-electron chi connectivity index (χ2n) is 3.03. The first-order chi connectivity index (χ1) is 7.65. The molecule has 82 valence electrons. The maximum Gasteiger partial charge on any atom is 0.692 e. The number of benzene rings is 2. The third-order valence-corrected chi connectivity index (χ3v) is 2.04. The van der Waals surface area contributed by atoms with Crippen LogP contribution in [0.15, 0.2) is 49.0 Å². The van der Waals surface area contributed by atoms with E-state index in [9.17, 15) is 0 Å². The van der Waals surface area contributed by atoms with E-state index in [4.69, 9.17) is 14.4 Å². The molecule has 2 N–H and O–H groups in total. The van der Waals surface area contributed by atoms with Crippen molar-refractivity contribution in [3.8, 4) is 0 Å². The molecule has 2 rings (SSSR count). The number of rotatable bonds is 1. The van der Waals surface area contributed by atoms with Crippen molar-refractivity contribution in [2.75, 3.05) is 0 Å². The molecule has 0 fully saturated rings. The minimum atomic E-state index is -2.87. The van der Waals surface area contributed by atoms with Gasteiger partial charge in [-0.1, -0.05) is 55.1 Å². The van der Waals surface area contributed by atoms with E-state index < -0.39 is 8.25 Å². The van der Waals surface area contributed by atoms with Crippen molar-refractivity contribution < 1.29 is 14.4 Å². The summed E-state index contributed by atoms with van der Waals surface area (Å²) < 4.78 is 8.70. The van der Waals surface area contributed by atoms with Crippen molar-refractivity contribution in [2.24, 2.45) is 0 Å². The van der Waals surface area contributed by atoms with E-state index in [0.29, 0.717) is 0 Å². The molecule has 0 aliphatic rings. The lowest BCUT2D eigenvalue weighted by Gasteiger charge is -1.99. The van der Waals surface area contributed by atoms with Gasteiger partial charge in [0.25, 0.3) is 0 Å². The van der Waals surface area contributed by atoms with E-state index in [1.165, 1.54) is 16.3 Å². The minimum absolute atomic E-state index is 1.20. The molecule has 4 heteroatoms. The van der Waals surface area contributed by atoms with Gasteiger partial charge in [-0.3, -0.25) is 0 Å². The molecule has 2 aromatic carbocycles. The van der Waals surface area contributed by atoms with Crippen LogP contribution < -0.4 is 0 Å². The maximum atomic E-state index is 8.70. The topological polar surface area (TPSA) is 57.5 Å². The van der Waals surface area contributed by atoms with Crippen molar-refractivity contribution in [2.45, 2.75) is 0 Å².